The molecule has 7 aliphatic rings. The van der Waals surface area contributed by atoms with E-state index < -0.39 is 0 Å². The molecule has 0 amide bonds. The minimum Gasteiger partial charge on any atom is -0.0683 e. The number of fused-ring (bicyclic) bond motifs is 7. The van der Waals surface area contributed by atoms with E-state index in [1.165, 1.54) is 116 Å². The molecule has 123 heavy (non-hydrogen) atoms. The van der Waals surface area contributed by atoms with Gasteiger partial charge in [0.05, 0.1) is 0 Å². The van der Waals surface area contributed by atoms with Crippen molar-refractivity contribution in [3.8, 4) is 0 Å². The first-order valence-corrected chi connectivity index (χ1v) is 52.1. The highest BCUT2D eigenvalue weighted by atomic mass is 14.5. The van der Waals surface area contributed by atoms with Gasteiger partial charge in [-0.1, -0.05) is 461 Å². The van der Waals surface area contributed by atoms with Gasteiger partial charge in [0.2, 0.25) is 0 Å². The Morgan fingerprint density at radius 1 is 0.154 bits per heavy atom. The van der Waals surface area contributed by atoms with Crippen LogP contribution in [0.5, 0.6) is 0 Å². The van der Waals surface area contributed by atoms with E-state index in [1.807, 2.05) is 96.9 Å². The van der Waals surface area contributed by atoms with Crippen LogP contribution in [0.3, 0.4) is 0 Å². The summed E-state index contributed by atoms with van der Waals surface area (Å²) in [5, 5.41) is 0. The molecule has 0 heteroatoms. The van der Waals surface area contributed by atoms with E-state index in [4.69, 9.17) is 0 Å². The molecular weight excluding hydrogens is 1480 g/mol. The summed E-state index contributed by atoms with van der Waals surface area (Å²) in [6, 6.07) is 63.2. The molecule has 0 radical (unpaired) electrons. The summed E-state index contributed by atoms with van der Waals surface area (Å²) in [5.41, 5.74) is 25.6. The van der Waals surface area contributed by atoms with E-state index in [1.54, 1.807) is 77.9 Å². The average molecular weight is 1680 g/mol. The quantitative estimate of drug-likeness (QED) is 0.102. The van der Waals surface area contributed by atoms with E-state index in [9.17, 15) is 0 Å². The van der Waals surface area contributed by atoms with Crippen LogP contribution in [0.25, 0.3) is 0 Å². The van der Waals surface area contributed by atoms with Gasteiger partial charge in [0.25, 0.3) is 0 Å². The Kier molecular flexibility index (Phi) is 52.7. The van der Waals surface area contributed by atoms with Crippen LogP contribution >= 0.6 is 0 Å². The minimum absolute atomic E-state index is 0.412. The van der Waals surface area contributed by atoms with E-state index in [0.29, 0.717) is 37.9 Å². The largest absolute Gasteiger partial charge is 0.0683 e. The van der Waals surface area contributed by atoms with Crippen LogP contribution in [-0.2, 0) is 85.9 Å². The average Bonchev–Trinajstić information content (AvgIpc) is 1.68. The molecule has 0 fully saturated rings. The highest BCUT2D eigenvalue weighted by Crippen LogP contribution is 2.55. The number of aryl methyl sites for hydroxylation is 6. The molecule has 0 bridgehead atoms. The minimum atomic E-state index is 0.412. The smallest absolute Gasteiger partial charge is 0.000483 e. The van der Waals surface area contributed by atoms with E-state index >= 15 is 0 Å². The van der Waals surface area contributed by atoms with Crippen LogP contribution in [0.15, 0.2) is 170 Å². The van der Waals surface area contributed by atoms with Crippen LogP contribution in [0.4, 0.5) is 0 Å². The maximum Gasteiger partial charge on any atom is 0.000483 e. The normalized spacial score (nSPS) is 16.9. The Balaban J connectivity index is 0.000000700. The molecule has 0 aromatic heterocycles. The van der Waals surface area contributed by atoms with Crippen LogP contribution in [0, 0.1) is 99.1 Å². The first-order valence-electron chi connectivity index (χ1n) is 52.1. The number of rotatable bonds is 14. The van der Waals surface area contributed by atoms with E-state index in [-0.39, 0.29) is 0 Å². The summed E-state index contributed by atoms with van der Waals surface area (Å²) in [4.78, 5) is 0. The van der Waals surface area contributed by atoms with E-state index in [2.05, 4.69) is 364 Å². The van der Waals surface area contributed by atoms with Crippen molar-refractivity contribution in [1.82, 2.24) is 0 Å². The molecule has 7 aliphatic carbocycles. The summed E-state index contributed by atoms with van der Waals surface area (Å²) in [7, 11) is 0. The van der Waals surface area contributed by atoms with Crippen molar-refractivity contribution in [2.75, 3.05) is 0 Å². The second-order valence-electron chi connectivity index (χ2n) is 40.4. The van der Waals surface area contributed by atoms with Gasteiger partial charge in [0.1, 0.15) is 0 Å². The molecule has 0 atom stereocenters. The lowest BCUT2D eigenvalue weighted by Crippen LogP contribution is -2.41. The zero-order valence-corrected chi connectivity index (χ0v) is 89.5. The van der Waals surface area contributed by atoms with Gasteiger partial charge in [-0.15, -0.1) is 0 Å². The van der Waals surface area contributed by atoms with Crippen LogP contribution < -0.4 is 0 Å². The third kappa shape index (κ3) is 27.1. The lowest BCUT2D eigenvalue weighted by molar-refractivity contribution is 0.0902. The highest BCUT2D eigenvalue weighted by Gasteiger charge is 2.48. The Hall–Kier alpha value is -5.46. The monoisotopic (exact) mass is 1680 g/mol. The molecule has 0 saturated carbocycles. The van der Waals surface area contributed by atoms with Gasteiger partial charge in [-0.25, -0.2) is 0 Å². The summed E-state index contributed by atoms with van der Waals surface area (Å²) < 4.78 is 0. The van der Waals surface area contributed by atoms with Crippen molar-refractivity contribution >= 4 is 0 Å². The second kappa shape index (κ2) is 56.1. The molecule has 14 rings (SSSR count). The standard InChI is InChI=1S/4C16H24.3C15H22.7C2H6/c2*1-12(2)16(13(3)4)11-7-9-14-8-5-6-10-15(14)16;2*1-12(2)16(13(3)4)10-9-14-7-5-6-8-15(14)11-16;1-11(2)15(12(3)4)9-13-7-5-6-8-14(13)10-15;2*1-11(2)15(12(3)4)10-9-13-7-5-6-8-14(13)15;7*1-2/h2*5-6,8,10,12-13H,7,9,11H2,1-4H3;2*5-8,12-13H,9-11H2,1-4H3;3*5-8,11-12H,9-10H2,1-4H3;7*1-2H3. The van der Waals surface area contributed by atoms with Gasteiger partial charge >= 0.3 is 0 Å². The molecule has 0 nitrogen and oxygen atoms in total. The zero-order chi connectivity index (χ0) is 94.2. The lowest BCUT2D eigenvalue weighted by atomic mass is 9.58. The highest BCUT2D eigenvalue weighted by molar-refractivity contribution is 5.44. The van der Waals surface area contributed by atoms with Crippen LogP contribution in [0.1, 0.15) is 420 Å². The van der Waals surface area contributed by atoms with Gasteiger partial charge in [-0.05, 0) is 293 Å². The summed E-state index contributed by atoms with van der Waals surface area (Å²) in [5.74, 6) is 10.5. The molecule has 0 aliphatic heterocycles. The van der Waals surface area contributed by atoms with Gasteiger partial charge in [-0.2, -0.15) is 0 Å². The lowest BCUT2D eigenvalue weighted by Gasteiger charge is -2.46. The zero-order valence-electron chi connectivity index (χ0n) is 89.5. The third-order valence-electron chi connectivity index (χ3n) is 32.1. The number of hydrogen-bond acceptors (Lipinski definition) is 0. The summed E-state index contributed by atoms with van der Waals surface area (Å²) in [6.45, 7) is 94.8. The van der Waals surface area contributed by atoms with Crippen LogP contribution in [0.2, 0.25) is 0 Å². The fourth-order valence-corrected chi connectivity index (χ4v) is 24.6. The maximum atomic E-state index is 2.40. The number of benzene rings is 7. The first-order chi connectivity index (χ1) is 58.5. The fourth-order valence-electron chi connectivity index (χ4n) is 24.6. The van der Waals surface area contributed by atoms with Crippen LogP contribution in [-0.4, -0.2) is 0 Å². The van der Waals surface area contributed by atoms with Crippen molar-refractivity contribution < 1.29 is 0 Å². The SMILES string of the molecule is CC.CC.CC.CC.CC.CC.CC.CC(C)C1(C(C)C)CCCc2ccccc21.CC(C)C1(C(C)C)CCCc2ccccc21.CC(C)C1(C(C)C)CCc2ccccc21.CC(C)C1(C(C)C)CCc2ccccc21.CC(C)C1(C(C)C)CCc2ccccc2C1.CC(C)C1(C(C)C)CCc2ccccc2C1.CC(C)C1(C(C)C)Cc2ccccc2C1. The Bertz CT molecular complexity index is 3610. The van der Waals surface area contributed by atoms with Crippen molar-refractivity contribution in [3.63, 3.8) is 0 Å². The van der Waals surface area contributed by atoms with Gasteiger partial charge in [-0.3, -0.25) is 0 Å². The molecule has 0 N–H and O–H groups in total. The molecule has 7 aromatic carbocycles. The Labute approximate surface area is 769 Å². The summed E-state index contributed by atoms with van der Waals surface area (Å²) in [6.07, 6.45) is 23.6. The maximum absolute atomic E-state index is 2.40. The van der Waals surface area contributed by atoms with Crippen molar-refractivity contribution in [3.05, 3.63) is 248 Å². The predicted octanol–water partition coefficient (Wildman–Crippen LogP) is 37.7. The summed E-state index contributed by atoms with van der Waals surface area (Å²) >= 11 is 0. The Morgan fingerprint density at radius 3 is 0.512 bits per heavy atom. The van der Waals surface area contributed by atoms with Gasteiger partial charge in [0, 0.05) is 21.7 Å². The molecule has 0 saturated heterocycles. The van der Waals surface area contributed by atoms with Gasteiger partial charge < -0.3 is 0 Å². The Morgan fingerprint density at radius 2 is 0.309 bits per heavy atom. The predicted molar refractivity (Wildman–Crippen MR) is 560 cm³/mol. The third-order valence-corrected chi connectivity index (χ3v) is 32.1. The van der Waals surface area contributed by atoms with Crippen molar-refractivity contribution in [2.45, 2.75) is 428 Å². The van der Waals surface area contributed by atoms with E-state index in [0.717, 1.165) is 82.9 Å². The molecule has 0 heterocycles. The molecule has 0 spiro atoms. The van der Waals surface area contributed by atoms with Gasteiger partial charge in [0.15, 0.2) is 0 Å². The van der Waals surface area contributed by atoms with Crippen molar-refractivity contribution in [2.24, 2.45) is 99.1 Å². The first kappa shape index (κ1) is 116. The molecule has 0 unspecified atom stereocenters. The second-order valence-corrected chi connectivity index (χ2v) is 40.4. The molecular formula is C123H204. The molecule has 696 valence electrons. The number of hydrogen-bond donors (Lipinski definition) is 0. The topological polar surface area (TPSA) is 0 Å². The van der Waals surface area contributed by atoms with Crippen molar-refractivity contribution in [1.29, 1.82) is 0 Å². The fraction of sp³-hybridized carbons (Fsp3) is 0.659. The molecule has 7 aromatic rings.